The molecule has 0 radical (unpaired) electrons. The van der Waals surface area contributed by atoms with Gasteiger partial charge in [0.2, 0.25) is 0 Å². The van der Waals surface area contributed by atoms with Crippen LogP contribution in [0, 0.1) is 0 Å². The van der Waals surface area contributed by atoms with E-state index < -0.39 is 11.7 Å². The number of alkyl halides is 3. The van der Waals surface area contributed by atoms with Gasteiger partial charge in [-0.05, 0) is 30.6 Å². The summed E-state index contributed by atoms with van der Waals surface area (Å²) in [5.74, 6) is 0. The third-order valence-corrected chi connectivity index (χ3v) is 3.17. The molecule has 1 heterocycles. The Morgan fingerprint density at radius 1 is 1.14 bits per heavy atom. The molecule has 1 N–H and O–H groups in total. The average molecular weight is 297 g/mol. The minimum absolute atomic E-state index is 0.337. The molecule has 2 aromatic rings. The number of halogens is 3. The zero-order valence-corrected chi connectivity index (χ0v) is 11.8. The molecule has 0 spiro atoms. The molecule has 21 heavy (non-hydrogen) atoms. The van der Waals surface area contributed by atoms with Crippen LogP contribution in [0.1, 0.15) is 23.6 Å². The van der Waals surface area contributed by atoms with Crippen LogP contribution in [0.25, 0.3) is 0 Å². The van der Waals surface area contributed by atoms with Gasteiger partial charge >= 0.3 is 6.18 Å². The third-order valence-electron chi connectivity index (χ3n) is 3.17. The Hall–Kier alpha value is -1.82. The molecule has 0 fully saturated rings. The van der Waals surface area contributed by atoms with Crippen molar-refractivity contribution < 1.29 is 13.2 Å². The fraction of sp³-hybridized carbons (Fsp3) is 0.400. The summed E-state index contributed by atoms with van der Waals surface area (Å²) >= 11 is 0. The molecule has 0 aliphatic carbocycles. The van der Waals surface area contributed by atoms with Gasteiger partial charge in [0.1, 0.15) is 0 Å². The Morgan fingerprint density at radius 3 is 2.38 bits per heavy atom. The van der Waals surface area contributed by atoms with E-state index in [9.17, 15) is 13.2 Å². The third kappa shape index (κ3) is 4.60. The predicted molar refractivity (Wildman–Crippen MR) is 75.0 cm³/mol. The van der Waals surface area contributed by atoms with Crippen LogP contribution in [0.5, 0.6) is 0 Å². The highest BCUT2D eigenvalue weighted by molar-refractivity contribution is 5.23. The quantitative estimate of drug-likeness (QED) is 0.830. The minimum atomic E-state index is -4.34. The van der Waals surface area contributed by atoms with Crippen molar-refractivity contribution in [2.75, 3.05) is 13.1 Å². The molecule has 114 valence electrons. The van der Waals surface area contributed by atoms with Gasteiger partial charge in [0.25, 0.3) is 0 Å². The van der Waals surface area contributed by atoms with Crippen molar-refractivity contribution in [3.05, 3.63) is 53.3 Å². The summed E-state index contributed by atoms with van der Waals surface area (Å²) < 4.78 is 38.7. The van der Waals surface area contributed by atoms with Crippen molar-refractivity contribution in [1.29, 1.82) is 0 Å². The van der Waals surface area contributed by atoms with Crippen LogP contribution in [0.2, 0.25) is 0 Å². The van der Waals surface area contributed by atoms with Crippen LogP contribution < -0.4 is 5.32 Å². The SMILES string of the molecule is CCNCCc1ccc(Cn2cc(C(F)(F)F)cn2)cc1. The van der Waals surface area contributed by atoms with Gasteiger partial charge in [0.05, 0.1) is 18.3 Å². The highest BCUT2D eigenvalue weighted by Crippen LogP contribution is 2.28. The molecule has 6 heteroatoms. The summed E-state index contributed by atoms with van der Waals surface area (Å²) in [6.45, 7) is 4.26. The molecule has 1 aromatic heterocycles. The van der Waals surface area contributed by atoms with Crippen LogP contribution in [0.3, 0.4) is 0 Å². The number of hydrogen-bond donors (Lipinski definition) is 1. The highest BCUT2D eigenvalue weighted by atomic mass is 19.4. The fourth-order valence-corrected chi connectivity index (χ4v) is 2.00. The van der Waals surface area contributed by atoms with Crippen molar-refractivity contribution in [3.63, 3.8) is 0 Å². The van der Waals surface area contributed by atoms with Crippen molar-refractivity contribution >= 4 is 0 Å². The smallest absolute Gasteiger partial charge is 0.317 e. The van der Waals surface area contributed by atoms with Gasteiger partial charge in [-0.1, -0.05) is 31.2 Å². The van der Waals surface area contributed by atoms with E-state index in [1.54, 1.807) is 0 Å². The zero-order chi connectivity index (χ0) is 15.3. The van der Waals surface area contributed by atoms with Gasteiger partial charge in [0, 0.05) is 6.20 Å². The Kier molecular flexibility index (Phi) is 5.01. The Morgan fingerprint density at radius 2 is 1.81 bits per heavy atom. The normalized spacial score (nSPS) is 11.8. The van der Waals surface area contributed by atoms with E-state index in [1.165, 1.54) is 10.2 Å². The lowest BCUT2D eigenvalue weighted by molar-refractivity contribution is -0.137. The van der Waals surface area contributed by atoms with Gasteiger partial charge in [-0.3, -0.25) is 4.68 Å². The second-order valence-corrected chi connectivity index (χ2v) is 4.84. The summed E-state index contributed by atoms with van der Waals surface area (Å²) in [5.41, 5.74) is 1.42. The molecule has 0 amide bonds. The molecule has 0 bridgehead atoms. The summed E-state index contributed by atoms with van der Waals surface area (Å²) in [6, 6.07) is 7.86. The van der Waals surface area contributed by atoms with Crippen LogP contribution >= 0.6 is 0 Å². The lowest BCUT2D eigenvalue weighted by atomic mass is 10.1. The largest absolute Gasteiger partial charge is 0.419 e. The highest BCUT2D eigenvalue weighted by Gasteiger charge is 2.32. The van der Waals surface area contributed by atoms with E-state index in [0.717, 1.165) is 37.5 Å². The minimum Gasteiger partial charge on any atom is -0.317 e. The molecule has 3 nitrogen and oxygen atoms in total. The summed E-state index contributed by atoms with van der Waals surface area (Å²) in [5, 5.41) is 7.00. The van der Waals surface area contributed by atoms with Crippen molar-refractivity contribution in [2.24, 2.45) is 0 Å². The van der Waals surface area contributed by atoms with Crippen molar-refractivity contribution in [3.8, 4) is 0 Å². The molecular formula is C15H18F3N3. The topological polar surface area (TPSA) is 29.9 Å². The average Bonchev–Trinajstić information content (AvgIpc) is 2.90. The number of rotatable bonds is 6. The maximum atomic E-state index is 12.5. The first kappa shape index (κ1) is 15.6. The number of likely N-dealkylation sites (N-methyl/N-ethyl adjacent to an activating group) is 1. The van der Waals surface area contributed by atoms with E-state index in [2.05, 4.69) is 17.3 Å². The van der Waals surface area contributed by atoms with E-state index in [0.29, 0.717) is 6.54 Å². The Labute approximate surface area is 121 Å². The first-order valence-electron chi connectivity index (χ1n) is 6.87. The molecule has 1 aromatic carbocycles. The lowest BCUT2D eigenvalue weighted by Crippen LogP contribution is -2.16. The fourth-order valence-electron chi connectivity index (χ4n) is 2.00. The molecular weight excluding hydrogens is 279 g/mol. The second-order valence-electron chi connectivity index (χ2n) is 4.84. The van der Waals surface area contributed by atoms with Gasteiger partial charge in [0.15, 0.2) is 0 Å². The number of nitrogens with zero attached hydrogens (tertiary/aromatic N) is 2. The van der Waals surface area contributed by atoms with E-state index in [4.69, 9.17) is 0 Å². The first-order chi connectivity index (χ1) is 9.99. The van der Waals surface area contributed by atoms with Crippen LogP contribution in [-0.4, -0.2) is 22.9 Å². The van der Waals surface area contributed by atoms with Crippen LogP contribution in [0.4, 0.5) is 13.2 Å². The molecule has 0 saturated carbocycles. The molecule has 2 rings (SSSR count). The zero-order valence-electron chi connectivity index (χ0n) is 11.8. The maximum absolute atomic E-state index is 12.5. The molecule has 0 unspecified atom stereocenters. The summed E-state index contributed by atoms with van der Waals surface area (Å²) in [4.78, 5) is 0. The number of benzene rings is 1. The molecule has 0 saturated heterocycles. The monoisotopic (exact) mass is 297 g/mol. The number of aromatic nitrogens is 2. The van der Waals surface area contributed by atoms with E-state index in [1.807, 2.05) is 24.3 Å². The molecule has 0 aliphatic rings. The van der Waals surface area contributed by atoms with E-state index in [-0.39, 0.29) is 0 Å². The summed E-state index contributed by atoms with van der Waals surface area (Å²) in [6.07, 6.45) is -1.52. The standard InChI is InChI=1S/C15H18F3N3/c1-2-19-8-7-12-3-5-13(6-4-12)10-21-11-14(9-20-21)15(16,17)18/h3-6,9,11,19H,2,7-8,10H2,1H3. The molecule has 0 atom stereocenters. The summed E-state index contributed by atoms with van der Waals surface area (Å²) in [7, 11) is 0. The lowest BCUT2D eigenvalue weighted by Gasteiger charge is -2.05. The molecule has 0 aliphatic heterocycles. The number of nitrogens with one attached hydrogen (secondary N) is 1. The predicted octanol–water partition coefficient (Wildman–Crippen LogP) is 3.10. The Bertz CT molecular complexity index is 558. The Balaban J connectivity index is 1.95. The van der Waals surface area contributed by atoms with Crippen molar-refractivity contribution in [1.82, 2.24) is 15.1 Å². The number of hydrogen-bond acceptors (Lipinski definition) is 2. The second kappa shape index (κ2) is 6.76. The van der Waals surface area contributed by atoms with Gasteiger partial charge in [-0.25, -0.2) is 0 Å². The van der Waals surface area contributed by atoms with Gasteiger partial charge < -0.3 is 5.32 Å². The van der Waals surface area contributed by atoms with E-state index >= 15 is 0 Å². The first-order valence-corrected chi connectivity index (χ1v) is 6.87. The van der Waals surface area contributed by atoms with Gasteiger partial charge in [-0.2, -0.15) is 18.3 Å². The van der Waals surface area contributed by atoms with Gasteiger partial charge in [-0.15, -0.1) is 0 Å². The van der Waals surface area contributed by atoms with Crippen LogP contribution in [-0.2, 0) is 19.1 Å². The van der Waals surface area contributed by atoms with Crippen LogP contribution in [0.15, 0.2) is 36.7 Å². The van der Waals surface area contributed by atoms with Crippen molar-refractivity contribution in [2.45, 2.75) is 26.1 Å². The maximum Gasteiger partial charge on any atom is 0.419 e.